The number of hydrogen-bond acceptors (Lipinski definition) is 5. The minimum atomic E-state index is -0.410. The summed E-state index contributed by atoms with van der Waals surface area (Å²) in [5, 5.41) is 2.38. The second kappa shape index (κ2) is 10.3. The normalized spacial score (nSPS) is 10.6. The largest absolute Gasteiger partial charge is 0.465 e. The molecule has 0 saturated heterocycles. The summed E-state index contributed by atoms with van der Waals surface area (Å²) < 4.78 is 4.82. The first-order valence-electron chi connectivity index (χ1n) is 10.7. The highest BCUT2D eigenvalue weighted by atomic mass is 35.5. The van der Waals surface area contributed by atoms with Crippen LogP contribution >= 0.6 is 11.6 Å². The van der Waals surface area contributed by atoms with Gasteiger partial charge in [-0.15, -0.1) is 0 Å². The van der Waals surface area contributed by atoms with E-state index < -0.39 is 5.97 Å². The zero-order valence-corrected chi connectivity index (χ0v) is 19.6. The molecule has 0 aliphatic carbocycles. The van der Waals surface area contributed by atoms with Crippen LogP contribution < -0.4 is 16.9 Å². The van der Waals surface area contributed by atoms with Gasteiger partial charge in [-0.25, -0.2) is 4.79 Å². The number of rotatable bonds is 3. The third kappa shape index (κ3) is 5.77. The zero-order valence-electron chi connectivity index (χ0n) is 18.8. The van der Waals surface area contributed by atoms with Crippen LogP contribution in [-0.4, -0.2) is 23.0 Å². The van der Waals surface area contributed by atoms with E-state index in [1.165, 1.54) is 19.2 Å². The highest BCUT2D eigenvalue weighted by Gasteiger charge is 2.13. The van der Waals surface area contributed by atoms with Gasteiger partial charge < -0.3 is 20.4 Å². The second-order valence-electron chi connectivity index (χ2n) is 7.88. The van der Waals surface area contributed by atoms with E-state index in [2.05, 4.69) is 9.97 Å². The number of ether oxygens (including phenoxy) is 1. The molecule has 2 aromatic heterocycles. The van der Waals surface area contributed by atoms with Crippen molar-refractivity contribution in [3.63, 3.8) is 0 Å². The first kappa shape index (κ1) is 23.8. The summed E-state index contributed by atoms with van der Waals surface area (Å²) in [6.07, 6.45) is 0.566. The lowest BCUT2D eigenvalue weighted by Crippen LogP contribution is -2.06. The number of nitrogens with two attached hydrogens (primary N) is 1. The van der Waals surface area contributed by atoms with E-state index in [0.29, 0.717) is 22.7 Å². The van der Waals surface area contributed by atoms with Crippen molar-refractivity contribution in [3.05, 3.63) is 121 Å². The Bertz CT molecular complexity index is 1660. The summed E-state index contributed by atoms with van der Waals surface area (Å²) in [5.41, 5.74) is 9.98. The number of fused-ring (bicyclic) bond motifs is 2. The van der Waals surface area contributed by atoms with Crippen molar-refractivity contribution >= 4 is 45.1 Å². The van der Waals surface area contributed by atoms with Gasteiger partial charge in [-0.3, -0.25) is 9.59 Å². The minimum Gasteiger partial charge on any atom is -0.465 e. The average molecular weight is 488 g/mol. The summed E-state index contributed by atoms with van der Waals surface area (Å²) in [6, 6.07) is 22.9. The molecule has 0 unspecified atom stereocenters. The number of aromatic nitrogens is 2. The number of esters is 1. The van der Waals surface area contributed by atoms with Crippen molar-refractivity contribution in [2.45, 2.75) is 6.42 Å². The number of nitrogen functional groups attached to an aromatic ring is 1. The van der Waals surface area contributed by atoms with Crippen molar-refractivity contribution in [1.82, 2.24) is 9.97 Å². The van der Waals surface area contributed by atoms with Crippen molar-refractivity contribution in [1.29, 1.82) is 0 Å². The van der Waals surface area contributed by atoms with E-state index in [-0.39, 0.29) is 11.1 Å². The number of halogens is 1. The summed E-state index contributed by atoms with van der Waals surface area (Å²) in [5.74, 6) is -0.410. The van der Waals surface area contributed by atoms with Crippen molar-refractivity contribution < 1.29 is 9.53 Å². The summed E-state index contributed by atoms with van der Waals surface area (Å²) in [6.45, 7) is 0. The van der Waals surface area contributed by atoms with Gasteiger partial charge in [0.2, 0.25) is 11.1 Å². The second-order valence-corrected chi connectivity index (χ2v) is 8.32. The third-order valence-corrected chi connectivity index (χ3v) is 5.64. The first-order chi connectivity index (χ1) is 16.8. The van der Waals surface area contributed by atoms with E-state index in [9.17, 15) is 14.4 Å². The van der Waals surface area contributed by atoms with Crippen LogP contribution in [0.1, 0.15) is 21.5 Å². The number of carbonyl (C=O) groups excluding carboxylic acids is 1. The van der Waals surface area contributed by atoms with Crippen LogP contribution in [0.5, 0.6) is 0 Å². The number of anilines is 1. The molecule has 176 valence electrons. The molecule has 0 spiro atoms. The maximum atomic E-state index is 11.9. The SMILES string of the molecule is COC(=O)c1cc(Cl)ccc1Cc1ccc2[nH]c(=O)ccc2c1.Nc1ccc2[nH]c(=O)ccc2c1. The predicted octanol–water partition coefficient (Wildman–Crippen LogP) is 4.67. The molecule has 7 nitrogen and oxygen atoms in total. The molecule has 0 saturated carbocycles. The van der Waals surface area contributed by atoms with Crippen molar-refractivity contribution in [2.75, 3.05) is 12.8 Å². The molecule has 3 aromatic carbocycles. The third-order valence-electron chi connectivity index (χ3n) is 5.41. The molecule has 8 heteroatoms. The lowest BCUT2D eigenvalue weighted by molar-refractivity contribution is 0.0599. The zero-order chi connectivity index (χ0) is 24.9. The topological polar surface area (TPSA) is 118 Å². The van der Waals surface area contributed by atoms with Gasteiger partial charge in [0.25, 0.3) is 0 Å². The van der Waals surface area contributed by atoms with Crippen LogP contribution in [0.2, 0.25) is 5.02 Å². The summed E-state index contributed by atoms with van der Waals surface area (Å²) in [4.78, 5) is 39.6. The van der Waals surface area contributed by atoms with E-state index in [0.717, 1.165) is 32.9 Å². The van der Waals surface area contributed by atoms with Gasteiger partial charge >= 0.3 is 5.97 Å². The van der Waals surface area contributed by atoms with Gasteiger partial charge in [0.05, 0.1) is 12.7 Å². The quantitative estimate of drug-likeness (QED) is 0.252. The Kier molecular flexibility index (Phi) is 6.98. The van der Waals surface area contributed by atoms with Gasteiger partial charge in [-0.2, -0.15) is 0 Å². The standard InChI is InChI=1S/C18H14ClNO3.C9H8N2O/c1-23-18(22)15-10-14(19)5-3-12(15)8-11-2-6-16-13(9-11)4-7-17(21)20-16;10-7-2-3-8-6(5-7)1-4-9(12)11-8/h2-7,9-10H,8H2,1H3,(H,20,21);1-5H,10H2,(H,11,12). The molecule has 5 aromatic rings. The number of pyridine rings is 2. The molecule has 0 radical (unpaired) electrons. The maximum absolute atomic E-state index is 11.9. The minimum absolute atomic E-state index is 0.0905. The first-order valence-corrected chi connectivity index (χ1v) is 11.1. The highest BCUT2D eigenvalue weighted by Crippen LogP contribution is 2.22. The molecule has 0 aliphatic rings. The molecule has 5 rings (SSSR count). The molecular formula is C27H22ClN3O4. The Morgan fingerprint density at radius 1 is 0.829 bits per heavy atom. The smallest absolute Gasteiger partial charge is 0.338 e. The van der Waals surface area contributed by atoms with Gasteiger partial charge in [0.15, 0.2) is 0 Å². The van der Waals surface area contributed by atoms with Gasteiger partial charge in [0.1, 0.15) is 0 Å². The molecule has 2 heterocycles. The summed E-state index contributed by atoms with van der Waals surface area (Å²) in [7, 11) is 1.35. The number of carbonyl (C=O) groups is 1. The molecule has 0 bridgehead atoms. The van der Waals surface area contributed by atoms with E-state index in [4.69, 9.17) is 22.1 Å². The number of H-pyrrole nitrogens is 2. The van der Waals surface area contributed by atoms with E-state index in [1.54, 1.807) is 36.4 Å². The molecule has 35 heavy (non-hydrogen) atoms. The monoisotopic (exact) mass is 487 g/mol. The molecular weight excluding hydrogens is 466 g/mol. The molecule has 0 amide bonds. The van der Waals surface area contributed by atoms with Crippen LogP contribution in [0.25, 0.3) is 21.8 Å². The van der Waals surface area contributed by atoms with Gasteiger partial charge in [-0.05, 0) is 77.5 Å². The molecule has 0 aliphatic heterocycles. The van der Waals surface area contributed by atoms with Crippen LogP contribution in [0.4, 0.5) is 5.69 Å². The highest BCUT2D eigenvalue weighted by molar-refractivity contribution is 6.31. The number of benzene rings is 3. The van der Waals surface area contributed by atoms with Crippen molar-refractivity contribution in [2.24, 2.45) is 0 Å². The van der Waals surface area contributed by atoms with Crippen molar-refractivity contribution in [3.8, 4) is 0 Å². The fourth-order valence-corrected chi connectivity index (χ4v) is 3.88. The Morgan fingerprint density at radius 2 is 1.46 bits per heavy atom. The average Bonchev–Trinajstić information content (AvgIpc) is 2.85. The van der Waals surface area contributed by atoms with Crippen LogP contribution in [0.3, 0.4) is 0 Å². The van der Waals surface area contributed by atoms with Crippen LogP contribution in [-0.2, 0) is 11.2 Å². The number of hydrogen-bond donors (Lipinski definition) is 3. The number of aromatic amines is 2. The maximum Gasteiger partial charge on any atom is 0.338 e. The van der Waals surface area contributed by atoms with E-state index in [1.807, 2.05) is 30.3 Å². The lowest BCUT2D eigenvalue weighted by atomic mass is 9.98. The fourth-order valence-electron chi connectivity index (χ4n) is 3.71. The van der Waals surface area contributed by atoms with E-state index >= 15 is 0 Å². The Balaban J connectivity index is 0.000000201. The number of nitrogens with one attached hydrogen (secondary N) is 2. The Morgan fingerprint density at radius 3 is 2.11 bits per heavy atom. The Labute approximate surface area is 205 Å². The van der Waals surface area contributed by atoms with Crippen LogP contribution in [0, 0.1) is 0 Å². The molecule has 0 fully saturated rings. The lowest BCUT2D eigenvalue weighted by Gasteiger charge is -2.09. The van der Waals surface area contributed by atoms with Gasteiger partial charge in [0, 0.05) is 39.3 Å². The van der Waals surface area contributed by atoms with Gasteiger partial charge in [-0.1, -0.05) is 23.7 Å². The predicted molar refractivity (Wildman–Crippen MR) is 139 cm³/mol. The molecule has 0 atom stereocenters. The molecule has 4 N–H and O–H groups in total. The van der Waals surface area contributed by atoms with Crippen LogP contribution in [0.15, 0.2) is 88.5 Å². The Hall–Kier alpha value is -4.36. The number of methoxy groups -OCH3 is 1. The fraction of sp³-hybridized carbons (Fsp3) is 0.0741. The summed E-state index contributed by atoms with van der Waals surface area (Å²) >= 11 is 5.97.